The van der Waals surface area contributed by atoms with Crippen molar-refractivity contribution in [2.75, 3.05) is 11.5 Å². The van der Waals surface area contributed by atoms with Gasteiger partial charge in [0.1, 0.15) is 18.2 Å². The first kappa shape index (κ1) is 30.7. The summed E-state index contributed by atoms with van der Waals surface area (Å²) >= 11 is 8.38. The zero-order chi connectivity index (χ0) is 27.4. The summed E-state index contributed by atoms with van der Waals surface area (Å²) in [6.07, 6.45) is 1.41. The minimum absolute atomic E-state index is 0.00938. The Kier molecular flexibility index (Phi) is 13.0. The zero-order valence-electron chi connectivity index (χ0n) is 21.1. The summed E-state index contributed by atoms with van der Waals surface area (Å²) < 4.78 is 5.49. The van der Waals surface area contributed by atoms with Crippen molar-refractivity contribution in [3.05, 3.63) is 48.0 Å². The van der Waals surface area contributed by atoms with Gasteiger partial charge in [0, 0.05) is 12.2 Å². The molecular weight excluding hydrogens is 514 g/mol. The van der Waals surface area contributed by atoms with E-state index in [0.717, 1.165) is 5.56 Å². The molecule has 0 spiro atoms. The van der Waals surface area contributed by atoms with Crippen molar-refractivity contribution in [1.82, 2.24) is 16.0 Å². The van der Waals surface area contributed by atoms with Gasteiger partial charge in [0.2, 0.25) is 17.7 Å². The van der Waals surface area contributed by atoms with Crippen LogP contribution in [0.4, 0.5) is 0 Å². The molecule has 0 unspecified atom stereocenters. The fraction of sp³-hybridized carbons (Fsp3) is 0.538. The summed E-state index contributed by atoms with van der Waals surface area (Å²) in [5.41, 5.74) is 0.812. The Hall–Kier alpha value is -2.50. The summed E-state index contributed by atoms with van der Waals surface area (Å²) in [7, 11) is 0. The van der Waals surface area contributed by atoms with Crippen LogP contribution < -0.4 is 16.0 Å². The molecule has 4 N–H and O–H groups in total. The number of esters is 1. The van der Waals surface area contributed by atoms with E-state index in [4.69, 9.17) is 4.74 Å². The lowest BCUT2D eigenvalue weighted by molar-refractivity contribution is -0.151. The summed E-state index contributed by atoms with van der Waals surface area (Å²) in [6, 6.07) is 6.37. The number of nitrogens with one attached hydrogen (secondary N) is 3. The van der Waals surface area contributed by atoms with Crippen molar-refractivity contribution in [3.63, 3.8) is 0 Å². The highest BCUT2D eigenvalue weighted by Gasteiger charge is 2.33. The van der Waals surface area contributed by atoms with Gasteiger partial charge in [-0.2, -0.15) is 25.3 Å². The Morgan fingerprint density at radius 2 is 1.68 bits per heavy atom. The minimum atomic E-state index is -1.24. The number of cyclic esters (lactones) is 1. The van der Waals surface area contributed by atoms with E-state index in [1.165, 1.54) is 0 Å². The smallest absolute Gasteiger partial charge is 0.309 e. The van der Waals surface area contributed by atoms with Crippen molar-refractivity contribution in [2.45, 2.75) is 69.9 Å². The summed E-state index contributed by atoms with van der Waals surface area (Å²) in [5.74, 6) is -1.99. The molecule has 1 aliphatic heterocycles. The third-order valence-electron chi connectivity index (χ3n) is 5.88. The number of aliphatic hydroxyl groups excluding tert-OH is 1. The second-order valence-corrected chi connectivity index (χ2v) is 10.1. The first-order valence-electron chi connectivity index (χ1n) is 12.3. The van der Waals surface area contributed by atoms with Crippen LogP contribution in [0.5, 0.6) is 0 Å². The number of rotatable bonds is 7. The molecule has 37 heavy (non-hydrogen) atoms. The molecule has 1 fully saturated rings. The quantitative estimate of drug-likeness (QED) is 0.171. The Bertz CT molecular complexity index is 943. The molecule has 0 bridgehead atoms. The highest BCUT2D eigenvalue weighted by molar-refractivity contribution is 7.80. The number of benzene rings is 1. The van der Waals surface area contributed by atoms with Crippen LogP contribution in [0.1, 0.15) is 38.7 Å². The van der Waals surface area contributed by atoms with Crippen molar-refractivity contribution >= 4 is 48.9 Å². The largest absolute Gasteiger partial charge is 0.457 e. The topological polar surface area (TPSA) is 134 Å². The fourth-order valence-corrected chi connectivity index (χ4v) is 4.33. The number of thiol groups is 2. The maximum absolute atomic E-state index is 13.2. The number of amides is 3. The monoisotopic (exact) mass is 551 g/mol. The number of hydrogen-bond acceptors (Lipinski definition) is 8. The average Bonchev–Trinajstić information content (AvgIpc) is 2.85. The van der Waals surface area contributed by atoms with Crippen LogP contribution in [0, 0.1) is 5.92 Å². The third-order valence-corrected chi connectivity index (χ3v) is 6.51. The van der Waals surface area contributed by atoms with E-state index in [1.807, 2.05) is 30.3 Å². The summed E-state index contributed by atoms with van der Waals surface area (Å²) in [6.45, 7) is 3.59. The second kappa shape index (κ2) is 15.7. The van der Waals surface area contributed by atoms with Crippen molar-refractivity contribution < 1.29 is 29.0 Å². The third kappa shape index (κ3) is 10.4. The lowest BCUT2D eigenvalue weighted by Gasteiger charge is -2.29. The Morgan fingerprint density at radius 3 is 2.30 bits per heavy atom. The molecule has 0 aliphatic carbocycles. The van der Waals surface area contributed by atoms with E-state index >= 15 is 0 Å². The molecule has 204 valence electrons. The maximum Gasteiger partial charge on any atom is 0.309 e. The first-order valence-corrected chi connectivity index (χ1v) is 13.6. The molecule has 2 rings (SSSR count). The van der Waals surface area contributed by atoms with Gasteiger partial charge < -0.3 is 25.8 Å². The number of carbonyl (C=O) groups is 4. The van der Waals surface area contributed by atoms with Gasteiger partial charge in [-0.3, -0.25) is 19.2 Å². The number of allylic oxidation sites excluding steroid dienone is 1. The van der Waals surface area contributed by atoms with Gasteiger partial charge in [0.15, 0.2) is 0 Å². The van der Waals surface area contributed by atoms with Crippen LogP contribution in [0.3, 0.4) is 0 Å². The Morgan fingerprint density at radius 1 is 1.00 bits per heavy atom. The van der Waals surface area contributed by atoms with E-state index in [1.54, 1.807) is 26.0 Å². The van der Waals surface area contributed by atoms with Crippen molar-refractivity contribution in [2.24, 2.45) is 5.92 Å². The molecule has 0 saturated carbocycles. The zero-order valence-corrected chi connectivity index (χ0v) is 22.9. The SMILES string of the molecule is CC(C)[C@H]1NC(=O)[C@@H](CS)NC(=O)[C@@H](Cc2ccccc2)NC(=O)C[C@@H](/C=C/CCS)OC(=O)C[C@@H]1O. The standard InChI is InChI=1S/C26H37N3O6S2/c1-16(2)24-21(30)14-23(32)35-18(10-6-7-11-36)13-22(31)27-19(12-17-8-4-3-5-9-17)25(33)28-20(15-37)26(34)29-24/h3-6,8-10,16,18-21,24,30,36-37H,7,11-15H2,1-2H3,(H,27,31)(H,28,33)(H,29,34)/b10-6+/t18-,19-,20-,21+,24-/m1/s1. The van der Waals surface area contributed by atoms with E-state index in [0.29, 0.717) is 12.2 Å². The molecule has 11 heteroatoms. The predicted molar refractivity (Wildman–Crippen MR) is 147 cm³/mol. The second-order valence-electron chi connectivity index (χ2n) is 9.28. The molecule has 1 aromatic rings. The minimum Gasteiger partial charge on any atom is -0.457 e. The Balaban J connectivity index is 2.39. The molecule has 3 amide bonds. The van der Waals surface area contributed by atoms with Gasteiger partial charge in [0.25, 0.3) is 0 Å². The predicted octanol–water partition coefficient (Wildman–Crippen LogP) is 1.21. The van der Waals surface area contributed by atoms with Crippen molar-refractivity contribution in [1.29, 1.82) is 0 Å². The fourth-order valence-electron chi connectivity index (χ4n) is 3.92. The van der Waals surface area contributed by atoms with E-state index in [2.05, 4.69) is 41.2 Å². The van der Waals surface area contributed by atoms with Crippen LogP contribution in [-0.2, 0) is 30.3 Å². The maximum atomic E-state index is 13.2. The molecule has 0 radical (unpaired) electrons. The van der Waals surface area contributed by atoms with Gasteiger partial charge >= 0.3 is 5.97 Å². The van der Waals surface area contributed by atoms with Gasteiger partial charge in [0.05, 0.1) is 25.0 Å². The highest BCUT2D eigenvalue weighted by Crippen LogP contribution is 2.14. The van der Waals surface area contributed by atoms with Crippen LogP contribution in [0.15, 0.2) is 42.5 Å². The molecule has 1 heterocycles. The van der Waals surface area contributed by atoms with Gasteiger partial charge in [-0.1, -0.05) is 50.3 Å². The molecule has 5 atom stereocenters. The number of hydrogen-bond donors (Lipinski definition) is 6. The van der Waals surface area contributed by atoms with Crippen LogP contribution in [0.2, 0.25) is 0 Å². The van der Waals surface area contributed by atoms with E-state index in [-0.39, 0.29) is 30.9 Å². The van der Waals surface area contributed by atoms with Crippen LogP contribution in [-0.4, -0.2) is 70.6 Å². The van der Waals surface area contributed by atoms with Gasteiger partial charge in [-0.05, 0) is 29.7 Å². The number of carbonyl (C=O) groups excluding carboxylic acids is 4. The summed E-state index contributed by atoms with van der Waals surface area (Å²) in [5, 5.41) is 18.9. The number of aliphatic hydroxyl groups is 1. The van der Waals surface area contributed by atoms with E-state index in [9.17, 15) is 24.3 Å². The normalized spacial score (nSPS) is 26.6. The first-order chi connectivity index (χ1) is 17.6. The molecule has 1 saturated heterocycles. The molecule has 1 aliphatic rings. The van der Waals surface area contributed by atoms with E-state index < -0.39 is 54.0 Å². The summed E-state index contributed by atoms with van der Waals surface area (Å²) in [4.78, 5) is 51.9. The van der Waals surface area contributed by atoms with Gasteiger partial charge in [-0.15, -0.1) is 0 Å². The van der Waals surface area contributed by atoms with Crippen LogP contribution >= 0.6 is 25.3 Å². The average molecular weight is 552 g/mol. The Labute approximate surface area is 229 Å². The van der Waals surface area contributed by atoms with Gasteiger partial charge in [-0.25, -0.2) is 0 Å². The van der Waals surface area contributed by atoms with Crippen LogP contribution in [0.25, 0.3) is 0 Å². The lowest BCUT2D eigenvalue weighted by Crippen LogP contribution is -2.58. The molecule has 1 aromatic carbocycles. The lowest BCUT2D eigenvalue weighted by atomic mass is 9.96. The molecular formula is C26H37N3O6S2. The number of ether oxygens (including phenoxy) is 1. The highest BCUT2D eigenvalue weighted by atomic mass is 32.1. The molecule has 9 nitrogen and oxygen atoms in total. The van der Waals surface area contributed by atoms with Crippen molar-refractivity contribution in [3.8, 4) is 0 Å². The molecule has 0 aromatic heterocycles.